The number of rotatable bonds is 27. The van der Waals surface area contributed by atoms with Gasteiger partial charge in [-0.3, -0.25) is 9.59 Å². The van der Waals surface area contributed by atoms with Crippen LogP contribution in [0.15, 0.2) is 54.0 Å². The number of aliphatic hydroxyl groups is 3. The molecule has 0 aromatic heterocycles. The highest BCUT2D eigenvalue weighted by Crippen LogP contribution is 2.54. The number of ether oxygens (including phenoxy) is 2. The van der Waals surface area contributed by atoms with Crippen LogP contribution in [0.5, 0.6) is 5.75 Å². The smallest absolute Gasteiger partial charge is 0.378 e. The van der Waals surface area contributed by atoms with Gasteiger partial charge in [0.05, 0.1) is 0 Å². The number of cyclic esters (lactones) is 1. The predicted octanol–water partition coefficient (Wildman–Crippen LogP) is 13.8. The molecule has 3 N–H and O–H groups in total. The zero-order valence-corrected chi connectivity index (χ0v) is 39.0. The number of para-hydroxylation sites is 1. The van der Waals surface area contributed by atoms with Crippen LogP contribution in [0.2, 0.25) is 0 Å². The summed E-state index contributed by atoms with van der Waals surface area (Å²) in [6.45, 7) is 20.2. The minimum Gasteiger partial charge on any atom is -0.505 e. The first-order valence-corrected chi connectivity index (χ1v) is 23.3. The molecule has 3 rings (SSSR count). The SMILES string of the molecule is CCCCCCCCCCCCCCCC(=O)c1c(C(C)=O)ccc(C(C)(C)C)c1C(CCCC)(Oc1ccccc1)[C@@](O)(CCC(C)C(C)(C)C)[C@H]1OC(=O)C(O)=C1O. The van der Waals surface area contributed by atoms with Crippen molar-refractivity contribution in [1.29, 1.82) is 0 Å². The van der Waals surface area contributed by atoms with Gasteiger partial charge in [0.2, 0.25) is 5.76 Å². The van der Waals surface area contributed by atoms with Crippen molar-refractivity contribution in [3.05, 3.63) is 76.2 Å². The van der Waals surface area contributed by atoms with Gasteiger partial charge in [-0.15, -0.1) is 0 Å². The maximum Gasteiger partial charge on any atom is 0.378 e. The summed E-state index contributed by atoms with van der Waals surface area (Å²) in [5.41, 5.74) is -3.50. The van der Waals surface area contributed by atoms with Crippen molar-refractivity contribution in [2.24, 2.45) is 11.3 Å². The van der Waals surface area contributed by atoms with Gasteiger partial charge in [0.15, 0.2) is 34.6 Å². The first-order chi connectivity index (χ1) is 28.3. The number of Topliss-reactive ketones (excluding diaryl/α,β-unsaturated/α-hetero) is 2. The lowest BCUT2D eigenvalue weighted by Crippen LogP contribution is -2.64. The van der Waals surface area contributed by atoms with E-state index in [0.717, 1.165) is 19.3 Å². The molecule has 2 aromatic rings. The summed E-state index contributed by atoms with van der Waals surface area (Å²) >= 11 is 0. The van der Waals surface area contributed by atoms with Gasteiger partial charge in [0, 0.05) is 23.1 Å². The van der Waals surface area contributed by atoms with E-state index in [1.54, 1.807) is 18.2 Å². The molecule has 60 heavy (non-hydrogen) atoms. The lowest BCUT2D eigenvalue weighted by atomic mass is 9.62. The van der Waals surface area contributed by atoms with E-state index in [4.69, 9.17) is 9.47 Å². The largest absolute Gasteiger partial charge is 0.505 e. The molecule has 8 nitrogen and oxygen atoms in total. The van der Waals surface area contributed by atoms with Gasteiger partial charge in [-0.2, -0.15) is 0 Å². The van der Waals surface area contributed by atoms with Crippen molar-refractivity contribution in [2.75, 3.05) is 0 Å². The lowest BCUT2D eigenvalue weighted by molar-refractivity contribution is -0.210. The van der Waals surface area contributed by atoms with Crippen LogP contribution < -0.4 is 4.74 Å². The summed E-state index contributed by atoms with van der Waals surface area (Å²) in [6.07, 6.45) is 15.3. The van der Waals surface area contributed by atoms with Gasteiger partial charge in [-0.25, -0.2) is 4.79 Å². The van der Waals surface area contributed by atoms with Crippen LogP contribution in [-0.4, -0.2) is 44.6 Å². The van der Waals surface area contributed by atoms with Crippen LogP contribution in [0.4, 0.5) is 0 Å². The summed E-state index contributed by atoms with van der Waals surface area (Å²) in [5.74, 6) is -3.02. The highest BCUT2D eigenvalue weighted by atomic mass is 16.6. The molecule has 0 aliphatic carbocycles. The van der Waals surface area contributed by atoms with E-state index in [0.29, 0.717) is 42.6 Å². The summed E-state index contributed by atoms with van der Waals surface area (Å²) < 4.78 is 13.0. The van der Waals surface area contributed by atoms with Gasteiger partial charge in [-0.05, 0) is 73.5 Å². The first-order valence-electron chi connectivity index (χ1n) is 23.3. The van der Waals surface area contributed by atoms with Crippen LogP contribution in [0.3, 0.4) is 0 Å². The second-order valence-electron chi connectivity index (χ2n) is 19.7. The quantitative estimate of drug-likeness (QED) is 0.0461. The molecule has 0 amide bonds. The molecule has 8 heteroatoms. The number of unbranched alkanes of at least 4 members (excludes halogenated alkanes) is 13. The fourth-order valence-electron chi connectivity index (χ4n) is 8.71. The first kappa shape index (κ1) is 50.7. The average Bonchev–Trinajstić information content (AvgIpc) is 3.46. The van der Waals surface area contributed by atoms with Gasteiger partial charge in [0.1, 0.15) is 5.75 Å². The number of hydrogen-bond acceptors (Lipinski definition) is 8. The van der Waals surface area contributed by atoms with Crippen molar-refractivity contribution in [1.82, 2.24) is 0 Å². The molecular weight excluding hydrogens is 753 g/mol. The maximum absolute atomic E-state index is 15.1. The zero-order valence-electron chi connectivity index (χ0n) is 39.0. The van der Waals surface area contributed by atoms with Crippen molar-refractivity contribution < 1.29 is 39.2 Å². The van der Waals surface area contributed by atoms with E-state index >= 15 is 4.79 Å². The highest BCUT2D eigenvalue weighted by Gasteiger charge is 2.64. The Kier molecular flexibility index (Phi) is 19.4. The summed E-state index contributed by atoms with van der Waals surface area (Å²) in [6, 6.07) is 12.6. The third kappa shape index (κ3) is 12.9. The van der Waals surface area contributed by atoms with E-state index in [1.165, 1.54) is 64.7 Å². The molecule has 2 unspecified atom stereocenters. The molecule has 0 saturated carbocycles. The maximum atomic E-state index is 15.1. The molecule has 0 radical (unpaired) electrons. The Balaban J connectivity index is 2.25. The minimum absolute atomic E-state index is 0.0312. The summed E-state index contributed by atoms with van der Waals surface area (Å²) in [7, 11) is 0. The minimum atomic E-state index is -2.26. The molecule has 0 saturated heterocycles. The number of hydrogen-bond donors (Lipinski definition) is 3. The monoisotopic (exact) mass is 833 g/mol. The van der Waals surface area contributed by atoms with Gasteiger partial charge >= 0.3 is 5.97 Å². The Morgan fingerprint density at radius 3 is 1.75 bits per heavy atom. The van der Waals surface area contributed by atoms with Gasteiger partial charge < -0.3 is 24.8 Å². The van der Waals surface area contributed by atoms with E-state index in [-0.39, 0.29) is 53.3 Å². The molecule has 0 fully saturated rings. The van der Waals surface area contributed by atoms with E-state index < -0.39 is 40.2 Å². The number of aliphatic hydroxyl groups excluding tert-OH is 2. The molecule has 1 aliphatic heterocycles. The molecule has 1 heterocycles. The van der Waals surface area contributed by atoms with Crippen LogP contribution in [-0.2, 0) is 20.5 Å². The van der Waals surface area contributed by atoms with Crippen molar-refractivity contribution in [3.8, 4) is 5.75 Å². The Hall–Kier alpha value is -3.65. The van der Waals surface area contributed by atoms with Gasteiger partial charge in [0.25, 0.3) is 0 Å². The second kappa shape index (κ2) is 23.0. The van der Waals surface area contributed by atoms with Crippen LogP contribution >= 0.6 is 0 Å². The molecule has 2 aromatic carbocycles. The van der Waals surface area contributed by atoms with E-state index in [2.05, 4.69) is 34.6 Å². The van der Waals surface area contributed by atoms with E-state index in [1.807, 2.05) is 52.0 Å². The third-order valence-electron chi connectivity index (χ3n) is 13.0. The van der Waals surface area contributed by atoms with Crippen LogP contribution in [0.1, 0.15) is 223 Å². The molecule has 0 bridgehead atoms. The normalized spacial score (nSPS) is 17.2. The van der Waals surface area contributed by atoms with Crippen LogP contribution in [0, 0.1) is 11.3 Å². The van der Waals surface area contributed by atoms with Crippen molar-refractivity contribution >= 4 is 17.5 Å². The number of ketones is 2. The topological polar surface area (TPSA) is 130 Å². The Labute approximate surface area is 362 Å². The number of esters is 1. The number of carbonyl (C=O) groups excluding carboxylic acids is 3. The summed E-state index contributed by atoms with van der Waals surface area (Å²) in [5, 5.41) is 36.3. The number of benzene rings is 2. The fourth-order valence-corrected chi connectivity index (χ4v) is 8.71. The molecular formula is C52H80O8. The zero-order chi connectivity index (χ0) is 44.7. The van der Waals surface area contributed by atoms with Crippen LogP contribution in [0.25, 0.3) is 0 Å². The number of carbonyl (C=O) groups is 3. The highest BCUT2D eigenvalue weighted by molar-refractivity contribution is 6.09. The van der Waals surface area contributed by atoms with E-state index in [9.17, 15) is 24.9 Å². The Bertz CT molecular complexity index is 1710. The Morgan fingerprint density at radius 2 is 1.28 bits per heavy atom. The molecule has 336 valence electrons. The third-order valence-corrected chi connectivity index (χ3v) is 13.0. The molecule has 1 aliphatic rings. The predicted molar refractivity (Wildman–Crippen MR) is 243 cm³/mol. The standard InChI is InChI=1S/C52H80O8/c1-11-13-15-16-17-18-19-20-21-22-23-24-28-31-42(54)43-40(38(4)53)32-33-41(50(8,9)10)44(43)52(35-14-12-2,60-39-29-26-25-27-30-39)51(58,36-34-37(3)49(5,6)7)47-45(55)46(56)48(57)59-47/h25-27,29-30,32-33,37,47,55-56,58H,11-24,28,31,34-36H2,1-10H3/t37?,47-,51+,52?/m0/s1. The van der Waals surface area contributed by atoms with Gasteiger partial charge in [-0.1, -0.05) is 176 Å². The Morgan fingerprint density at radius 1 is 0.750 bits per heavy atom. The summed E-state index contributed by atoms with van der Waals surface area (Å²) in [4.78, 5) is 41.9. The fraction of sp³-hybridized carbons (Fsp3) is 0.673. The van der Waals surface area contributed by atoms with Crippen molar-refractivity contribution in [2.45, 2.75) is 214 Å². The van der Waals surface area contributed by atoms with Crippen molar-refractivity contribution in [3.63, 3.8) is 0 Å². The molecule has 4 atom stereocenters. The average molecular weight is 833 g/mol. The molecule has 0 spiro atoms. The lowest BCUT2D eigenvalue weighted by Gasteiger charge is -2.52. The second-order valence-corrected chi connectivity index (χ2v) is 19.7.